The number of nitrogens with one attached hydrogen (secondary N) is 1. The Morgan fingerprint density at radius 3 is 2.67 bits per heavy atom. The highest BCUT2D eigenvalue weighted by atomic mass is 35.5. The quantitative estimate of drug-likeness (QED) is 0.812. The summed E-state index contributed by atoms with van der Waals surface area (Å²) in [6, 6.07) is 0. The molecule has 1 aromatic heterocycles. The third-order valence-corrected chi connectivity index (χ3v) is 3.93. The summed E-state index contributed by atoms with van der Waals surface area (Å²) in [6.45, 7) is 6.32. The molecule has 0 aromatic carbocycles. The van der Waals surface area contributed by atoms with Crippen LogP contribution in [0.5, 0.6) is 0 Å². The van der Waals surface area contributed by atoms with Crippen LogP contribution in [0.25, 0.3) is 0 Å². The van der Waals surface area contributed by atoms with E-state index in [1.807, 2.05) is 20.8 Å². The van der Waals surface area contributed by atoms with E-state index in [-0.39, 0.29) is 5.91 Å². The SMILES string of the molecule is Cc1cscc1CNC(=O)C(C)(C)CCl. The zero-order valence-corrected chi connectivity index (χ0v) is 10.8. The monoisotopic (exact) mass is 245 g/mol. The Morgan fingerprint density at radius 2 is 2.20 bits per heavy atom. The van der Waals surface area contributed by atoms with Gasteiger partial charge < -0.3 is 5.32 Å². The normalized spacial score (nSPS) is 11.5. The van der Waals surface area contributed by atoms with Crippen molar-refractivity contribution in [3.05, 3.63) is 21.9 Å². The first-order chi connectivity index (χ1) is 6.97. The maximum Gasteiger partial charge on any atom is 0.227 e. The number of aryl methyl sites for hydroxylation is 1. The van der Waals surface area contributed by atoms with Gasteiger partial charge in [-0.3, -0.25) is 4.79 Å². The summed E-state index contributed by atoms with van der Waals surface area (Å²) in [5.74, 6) is 0.338. The van der Waals surface area contributed by atoms with Crippen molar-refractivity contribution in [3.63, 3.8) is 0 Å². The molecule has 1 amide bonds. The molecule has 0 saturated carbocycles. The lowest BCUT2D eigenvalue weighted by molar-refractivity contribution is -0.128. The molecule has 4 heteroatoms. The van der Waals surface area contributed by atoms with Crippen molar-refractivity contribution in [2.24, 2.45) is 5.41 Å². The lowest BCUT2D eigenvalue weighted by atomic mass is 9.95. The van der Waals surface area contributed by atoms with E-state index >= 15 is 0 Å². The van der Waals surface area contributed by atoms with Gasteiger partial charge in [0, 0.05) is 12.4 Å². The Morgan fingerprint density at radius 1 is 1.53 bits per heavy atom. The molecule has 0 bridgehead atoms. The summed E-state index contributed by atoms with van der Waals surface area (Å²) < 4.78 is 0. The van der Waals surface area contributed by atoms with E-state index in [9.17, 15) is 4.79 Å². The fraction of sp³-hybridized carbons (Fsp3) is 0.545. The van der Waals surface area contributed by atoms with Gasteiger partial charge in [-0.15, -0.1) is 11.6 Å². The van der Waals surface area contributed by atoms with E-state index in [1.165, 1.54) is 11.1 Å². The van der Waals surface area contributed by atoms with Gasteiger partial charge in [-0.25, -0.2) is 0 Å². The fourth-order valence-corrected chi connectivity index (χ4v) is 2.02. The van der Waals surface area contributed by atoms with Crippen LogP contribution in [0.4, 0.5) is 0 Å². The Balaban J connectivity index is 2.52. The van der Waals surface area contributed by atoms with Crippen LogP contribution in [0, 0.1) is 12.3 Å². The summed E-state index contributed by atoms with van der Waals surface area (Å²) in [6.07, 6.45) is 0. The smallest absolute Gasteiger partial charge is 0.227 e. The molecule has 84 valence electrons. The molecule has 0 radical (unpaired) electrons. The molecule has 0 aliphatic carbocycles. The Labute approximate surface area is 99.6 Å². The Bertz CT molecular complexity index is 346. The van der Waals surface area contributed by atoms with Gasteiger partial charge in [0.05, 0.1) is 5.41 Å². The minimum absolute atomic E-state index is 0.00287. The van der Waals surface area contributed by atoms with Gasteiger partial charge in [0.25, 0.3) is 0 Å². The van der Waals surface area contributed by atoms with Crippen LogP contribution < -0.4 is 5.32 Å². The zero-order chi connectivity index (χ0) is 11.5. The first-order valence-corrected chi connectivity index (χ1v) is 6.31. The van der Waals surface area contributed by atoms with E-state index in [0.29, 0.717) is 12.4 Å². The standard InChI is InChI=1S/C11H16ClNOS/c1-8-5-15-6-9(8)4-13-10(14)11(2,3)7-12/h5-6H,4,7H2,1-3H3,(H,13,14). The lowest BCUT2D eigenvalue weighted by Gasteiger charge is -2.20. The van der Waals surface area contributed by atoms with Gasteiger partial charge in [-0.1, -0.05) is 0 Å². The average molecular weight is 246 g/mol. The number of carbonyl (C=O) groups excluding carboxylic acids is 1. The molecule has 0 aliphatic rings. The number of hydrogen-bond donors (Lipinski definition) is 1. The summed E-state index contributed by atoms with van der Waals surface area (Å²) in [4.78, 5) is 11.7. The second-order valence-electron chi connectivity index (χ2n) is 4.28. The molecule has 0 aliphatic heterocycles. The van der Waals surface area contributed by atoms with Crippen LogP contribution in [-0.2, 0) is 11.3 Å². The van der Waals surface area contributed by atoms with Gasteiger partial charge >= 0.3 is 0 Å². The molecule has 0 spiro atoms. The maximum absolute atomic E-state index is 11.7. The average Bonchev–Trinajstić information content (AvgIpc) is 2.60. The molecular weight excluding hydrogens is 230 g/mol. The van der Waals surface area contributed by atoms with Crippen molar-refractivity contribution in [1.29, 1.82) is 0 Å². The van der Waals surface area contributed by atoms with Crippen LogP contribution in [-0.4, -0.2) is 11.8 Å². The molecule has 1 heterocycles. The number of carbonyl (C=O) groups is 1. The van der Waals surface area contributed by atoms with Gasteiger partial charge in [-0.05, 0) is 42.7 Å². The van der Waals surface area contributed by atoms with E-state index in [1.54, 1.807) is 11.3 Å². The minimum atomic E-state index is -0.495. The molecule has 15 heavy (non-hydrogen) atoms. The number of thiophene rings is 1. The molecule has 0 saturated heterocycles. The molecule has 0 fully saturated rings. The van der Waals surface area contributed by atoms with Crippen molar-refractivity contribution in [2.75, 3.05) is 5.88 Å². The number of hydrogen-bond acceptors (Lipinski definition) is 2. The van der Waals surface area contributed by atoms with Gasteiger partial charge in [0.15, 0.2) is 0 Å². The van der Waals surface area contributed by atoms with Crippen molar-refractivity contribution in [2.45, 2.75) is 27.3 Å². The van der Waals surface area contributed by atoms with Gasteiger partial charge in [0.2, 0.25) is 5.91 Å². The first kappa shape index (κ1) is 12.5. The maximum atomic E-state index is 11.7. The third-order valence-electron chi connectivity index (χ3n) is 2.35. The largest absolute Gasteiger partial charge is 0.351 e. The number of halogens is 1. The second kappa shape index (κ2) is 4.99. The summed E-state index contributed by atoms with van der Waals surface area (Å²) in [5.41, 5.74) is 1.91. The van der Waals surface area contributed by atoms with E-state index in [0.717, 1.165) is 0 Å². The molecule has 1 aromatic rings. The van der Waals surface area contributed by atoms with Crippen LogP contribution >= 0.6 is 22.9 Å². The van der Waals surface area contributed by atoms with E-state index in [2.05, 4.69) is 16.1 Å². The number of amides is 1. The van der Waals surface area contributed by atoms with Crippen molar-refractivity contribution >= 4 is 28.8 Å². The predicted octanol–water partition coefficient (Wildman–Crippen LogP) is 2.94. The number of rotatable bonds is 4. The predicted molar refractivity (Wildman–Crippen MR) is 65.4 cm³/mol. The molecule has 1 rings (SSSR count). The second-order valence-corrected chi connectivity index (χ2v) is 5.29. The molecule has 2 nitrogen and oxygen atoms in total. The zero-order valence-electron chi connectivity index (χ0n) is 9.26. The molecule has 0 unspecified atom stereocenters. The molecule has 1 N–H and O–H groups in total. The summed E-state index contributed by atoms with van der Waals surface area (Å²) in [7, 11) is 0. The fourth-order valence-electron chi connectivity index (χ4n) is 1.04. The third kappa shape index (κ3) is 3.21. The van der Waals surface area contributed by atoms with Crippen molar-refractivity contribution in [1.82, 2.24) is 5.32 Å². The topological polar surface area (TPSA) is 29.1 Å². The van der Waals surface area contributed by atoms with Gasteiger partial charge in [0.1, 0.15) is 0 Å². The highest BCUT2D eigenvalue weighted by molar-refractivity contribution is 7.08. The lowest BCUT2D eigenvalue weighted by Crippen LogP contribution is -2.37. The van der Waals surface area contributed by atoms with Crippen LogP contribution in [0.15, 0.2) is 10.8 Å². The number of alkyl halides is 1. The van der Waals surface area contributed by atoms with Crippen LogP contribution in [0.2, 0.25) is 0 Å². The first-order valence-electron chi connectivity index (χ1n) is 4.83. The van der Waals surface area contributed by atoms with Crippen molar-refractivity contribution < 1.29 is 4.79 Å². The molecular formula is C11H16ClNOS. The summed E-state index contributed by atoms with van der Waals surface area (Å²) >= 11 is 7.37. The van der Waals surface area contributed by atoms with Crippen LogP contribution in [0.3, 0.4) is 0 Å². The highest BCUT2D eigenvalue weighted by Crippen LogP contribution is 2.18. The molecule has 0 atom stereocenters. The summed E-state index contributed by atoms with van der Waals surface area (Å²) in [5, 5.41) is 7.04. The Kier molecular flexibility index (Phi) is 4.17. The Hall–Kier alpha value is -0.540. The van der Waals surface area contributed by atoms with Crippen molar-refractivity contribution in [3.8, 4) is 0 Å². The van der Waals surface area contributed by atoms with E-state index in [4.69, 9.17) is 11.6 Å². The highest BCUT2D eigenvalue weighted by Gasteiger charge is 2.26. The van der Waals surface area contributed by atoms with E-state index < -0.39 is 5.41 Å². The van der Waals surface area contributed by atoms with Crippen LogP contribution in [0.1, 0.15) is 25.0 Å². The van der Waals surface area contributed by atoms with Gasteiger partial charge in [-0.2, -0.15) is 11.3 Å². The minimum Gasteiger partial charge on any atom is -0.351 e.